The van der Waals surface area contributed by atoms with Gasteiger partial charge in [-0.1, -0.05) is 48.0 Å². The van der Waals surface area contributed by atoms with Crippen LogP contribution in [0.5, 0.6) is 0 Å². The first kappa shape index (κ1) is 23.4. The van der Waals surface area contributed by atoms with Gasteiger partial charge in [0, 0.05) is 24.3 Å². The van der Waals surface area contributed by atoms with E-state index in [-0.39, 0.29) is 12.0 Å². The summed E-state index contributed by atoms with van der Waals surface area (Å²) in [6, 6.07) is 16.0. The molecule has 0 unspecified atom stereocenters. The average Bonchev–Trinajstić information content (AvgIpc) is 2.69. The molecule has 2 aromatic carbocycles. The number of rotatable bonds is 11. The third-order valence-corrected chi connectivity index (χ3v) is 5.33. The molecular formula is C24H32ClNO3. The van der Waals surface area contributed by atoms with E-state index in [0.717, 1.165) is 21.7 Å². The molecule has 0 aliphatic rings. The van der Waals surface area contributed by atoms with Crippen molar-refractivity contribution in [2.45, 2.75) is 46.1 Å². The summed E-state index contributed by atoms with van der Waals surface area (Å²) >= 11 is 6.09. The molecule has 0 saturated carbocycles. The minimum atomic E-state index is -0.647. The van der Waals surface area contributed by atoms with Crippen LogP contribution in [-0.2, 0) is 20.7 Å². The lowest BCUT2D eigenvalue weighted by Gasteiger charge is -2.30. The Labute approximate surface area is 179 Å². The number of nitrogens with two attached hydrogens (primary N) is 1. The topological polar surface area (TPSA) is 61.5 Å². The minimum Gasteiger partial charge on any atom is -0.466 e. The van der Waals surface area contributed by atoms with Gasteiger partial charge in [0.1, 0.15) is 0 Å². The zero-order valence-corrected chi connectivity index (χ0v) is 18.4. The van der Waals surface area contributed by atoms with Gasteiger partial charge in [0.15, 0.2) is 0 Å². The normalized spacial score (nSPS) is 14.2. The molecule has 0 heterocycles. The zero-order chi connectivity index (χ0) is 21.3. The number of benzene rings is 2. The Morgan fingerprint density at radius 1 is 1.10 bits per heavy atom. The Kier molecular flexibility index (Phi) is 9.15. The van der Waals surface area contributed by atoms with Crippen LogP contribution in [0.15, 0.2) is 48.5 Å². The van der Waals surface area contributed by atoms with Crippen LogP contribution in [0.2, 0.25) is 5.02 Å². The second-order valence-electron chi connectivity index (χ2n) is 7.60. The van der Waals surface area contributed by atoms with Crippen LogP contribution in [0.3, 0.4) is 0 Å². The van der Waals surface area contributed by atoms with Crippen LogP contribution < -0.4 is 5.73 Å². The maximum atomic E-state index is 12.5. The van der Waals surface area contributed by atoms with Gasteiger partial charge in [-0.05, 0) is 68.9 Å². The van der Waals surface area contributed by atoms with Gasteiger partial charge in [-0.25, -0.2) is 0 Å². The average molecular weight is 418 g/mol. The van der Waals surface area contributed by atoms with Gasteiger partial charge in [0.25, 0.3) is 0 Å². The Morgan fingerprint density at radius 3 is 2.45 bits per heavy atom. The second-order valence-corrected chi connectivity index (χ2v) is 8.04. The minimum absolute atomic E-state index is 0.150. The standard InChI is InChI=1S/C24H32ClNO3/c1-4-28-14-13-24(3,23(27)29-5-2)17-22(26)15-18-9-11-19(12-10-18)20-7-6-8-21(25)16-20/h6-12,16,22H,4-5,13-15,17,26H2,1-3H3/t22-,24-/m1/s1. The summed E-state index contributed by atoms with van der Waals surface area (Å²) in [6.07, 6.45) is 1.84. The van der Waals surface area contributed by atoms with E-state index < -0.39 is 5.41 Å². The smallest absolute Gasteiger partial charge is 0.311 e. The highest BCUT2D eigenvalue weighted by molar-refractivity contribution is 6.30. The van der Waals surface area contributed by atoms with E-state index >= 15 is 0 Å². The summed E-state index contributed by atoms with van der Waals surface area (Å²) in [4.78, 5) is 12.5. The molecule has 5 heteroatoms. The molecular weight excluding hydrogens is 386 g/mol. The summed E-state index contributed by atoms with van der Waals surface area (Å²) in [7, 11) is 0. The van der Waals surface area contributed by atoms with Gasteiger partial charge in [-0.2, -0.15) is 0 Å². The van der Waals surface area contributed by atoms with Crippen LogP contribution in [0.4, 0.5) is 0 Å². The number of carbonyl (C=O) groups excluding carboxylic acids is 1. The van der Waals surface area contributed by atoms with Gasteiger partial charge < -0.3 is 15.2 Å². The molecule has 2 rings (SSSR count). The highest BCUT2D eigenvalue weighted by atomic mass is 35.5. The summed E-state index contributed by atoms with van der Waals surface area (Å²) in [5.74, 6) is -0.202. The largest absolute Gasteiger partial charge is 0.466 e. The molecule has 0 amide bonds. The van der Waals surface area contributed by atoms with Crippen molar-refractivity contribution < 1.29 is 14.3 Å². The lowest BCUT2D eigenvalue weighted by Crippen LogP contribution is -2.38. The molecule has 158 valence electrons. The fraction of sp³-hybridized carbons (Fsp3) is 0.458. The predicted molar refractivity (Wildman–Crippen MR) is 119 cm³/mol. The van der Waals surface area contributed by atoms with E-state index in [0.29, 0.717) is 39.1 Å². The molecule has 4 nitrogen and oxygen atoms in total. The van der Waals surface area contributed by atoms with E-state index in [1.165, 1.54) is 0 Å². The number of ether oxygens (including phenoxy) is 2. The molecule has 0 aliphatic heterocycles. The number of halogens is 1. The molecule has 0 aliphatic carbocycles. The van der Waals surface area contributed by atoms with Crippen molar-refractivity contribution in [2.75, 3.05) is 19.8 Å². The van der Waals surface area contributed by atoms with Gasteiger partial charge in [0.2, 0.25) is 0 Å². The monoisotopic (exact) mass is 417 g/mol. The third-order valence-electron chi connectivity index (χ3n) is 5.09. The van der Waals surface area contributed by atoms with Crippen LogP contribution in [-0.4, -0.2) is 31.8 Å². The SMILES string of the molecule is CCOCC[C@](C)(C[C@H](N)Cc1ccc(-c2cccc(Cl)c2)cc1)C(=O)OCC. The zero-order valence-electron chi connectivity index (χ0n) is 17.6. The molecule has 0 bridgehead atoms. The van der Waals surface area contributed by atoms with E-state index in [9.17, 15) is 4.79 Å². The van der Waals surface area contributed by atoms with Crippen molar-refractivity contribution in [3.05, 3.63) is 59.1 Å². The van der Waals surface area contributed by atoms with E-state index in [1.54, 1.807) is 0 Å². The number of hydrogen-bond acceptors (Lipinski definition) is 4. The Morgan fingerprint density at radius 2 is 1.83 bits per heavy atom. The van der Waals surface area contributed by atoms with Gasteiger partial charge in [-0.3, -0.25) is 4.79 Å². The molecule has 2 atom stereocenters. The third kappa shape index (κ3) is 7.14. The van der Waals surface area contributed by atoms with Crippen molar-refractivity contribution in [1.29, 1.82) is 0 Å². The molecule has 0 aromatic heterocycles. The molecule has 29 heavy (non-hydrogen) atoms. The Bertz CT molecular complexity index is 778. The first-order valence-electron chi connectivity index (χ1n) is 10.2. The van der Waals surface area contributed by atoms with Crippen molar-refractivity contribution in [3.63, 3.8) is 0 Å². The lowest BCUT2D eigenvalue weighted by molar-refractivity contribution is -0.156. The van der Waals surface area contributed by atoms with Gasteiger partial charge in [0.05, 0.1) is 12.0 Å². The summed E-state index contributed by atoms with van der Waals surface area (Å²) in [5.41, 5.74) is 9.12. The number of esters is 1. The fourth-order valence-corrected chi connectivity index (χ4v) is 3.68. The maximum absolute atomic E-state index is 12.5. The van der Waals surface area contributed by atoms with Crippen molar-refractivity contribution in [1.82, 2.24) is 0 Å². The van der Waals surface area contributed by atoms with Crippen LogP contribution in [0.25, 0.3) is 11.1 Å². The van der Waals surface area contributed by atoms with Crippen LogP contribution in [0.1, 0.15) is 39.2 Å². The first-order valence-corrected chi connectivity index (χ1v) is 10.6. The Hall–Kier alpha value is -1.88. The van der Waals surface area contributed by atoms with E-state index in [2.05, 4.69) is 24.3 Å². The Balaban J connectivity index is 2.03. The second kappa shape index (κ2) is 11.3. The molecule has 0 radical (unpaired) electrons. The number of hydrogen-bond donors (Lipinski definition) is 1. The maximum Gasteiger partial charge on any atom is 0.311 e. The van der Waals surface area contributed by atoms with Crippen molar-refractivity contribution in [3.8, 4) is 11.1 Å². The molecule has 0 saturated heterocycles. The molecule has 2 aromatic rings. The lowest BCUT2D eigenvalue weighted by atomic mass is 9.79. The van der Waals surface area contributed by atoms with Crippen LogP contribution >= 0.6 is 11.6 Å². The number of carbonyl (C=O) groups is 1. The fourth-order valence-electron chi connectivity index (χ4n) is 3.49. The highest BCUT2D eigenvalue weighted by Gasteiger charge is 2.36. The molecule has 0 spiro atoms. The van der Waals surface area contributed by atoms with Crippen LogP contribution in [0, 0.1) is 5.41 Å². The quantitative estimate of drug-likeness (QED) is 0.400. The van der Waals surface area contributed by atoms with E-state index in [4.69, 9.17) is 26.8 Å². The highest BCUT2D eigenvalue weighted by Crippen LogP contribution is 2.30. The predicted octanol–water partition coefficient (Wildman–Crippen LogP) is 5.26. The molecule has 2 N–H and O–H groups in total. The summed E-state index contributed by atoms with van der Waals surface area (Å²) < 4.78 is 10.8. The van der Waals surface area contributed by atoms with Crippen molar-refractivity contribution in [2.24, 2.45) is 11.1 Å². The first-order chi connectivity index (χ1) is 13.9. The van der Waals surface area contributed by atoms with Gasteiger partial charge >= 0.3 is 5.97 Å². The van der Waals surface area contributed by atoms with Gasteiger partial charge in [-0.15, -0.1) is 0 Å². The molecule has 0 fully saturated rings. The van der Waals surface area contributed by atoms with Crippen molar-refractivity contribution >= 4 is 17.6 Å². The summed E-state index contributed by atoms with van der Waals surface area (Å²) in [5, 5.41) is 0.721. The van der Waals surface area contributed by atoms with E-state index in [1.807, 2.05) is 45.0 Å². The summed E-state index contributed by atoms with van der Waals surface area (Å²) in [6.45, 7) is 7.20.